The van der Waals surface area contributed by atoms with Crippen LogP contribution in [0.1, 0.15) is 45.2 Å². The van der Waals surface area contributed by atoms with Crippen LogP contribution in [-0.4, -0.2) is 93.4 Å². The number of carbonyl (C=O) groups excluding carboxylic acids is 1. The number of nitrogens with one attached hydrogen (secondary N) is 2. The molecule has 0 aliphatic carbocycles. The van der Waals surface area contributed by atoms with Crippen LogP contribution in [0.15, 0.2) is 29.5 Å². The maximum Gasteiger partial charge on any atom is 0.231 e. The van der Waals surface area contributed by atoms with Crippen molar-refractivity contribution >= 4 is 11.8 Å². The maximum atomic E-state index is 12.1. The first kappa shape index (κ1) is 32.5. The number of aryl methyl sites for hydroxylation is 1. The van der Waals surface area contributed by atoms with E-state index in [0.29, 0.717) is 17.0 Å². The number of benzene rings is 1. The monoisotopic (exact) mass is 553 g/mol. The van der Waals surface area contributed by atoms with Crippen LogP contribution in [-0.2, 0) is 20.7 Å². The summed E-state index contributed by atoms with van der Waals surface area (Å²) in [7, 11) is 0. The first-order valence-electron chi connectivity index (χ1n) is 12.9. The molecule has 0 saturated carbocycles. The lowest BCUT2D eigenvalue weighted by Gasteiger charge is -2.39. The minimum atomic E-state index is -1.65. The number of nitrogens with two attached hydrogens (primary N) is 1. The minimum Gasteiger partial charge on any atom is -0.493 e. The molecule has 9 N–H and O–H groups in total. The number of rotatable bonds is 12. The SMILES string of the molecule is Cc1cc(OCCC(=O)NC(C)(C)CO)ccc1C/C(C(=N)O[C@@H]1O[C@H](CO)[C@@H](O)[C@H](O)[C@H]1O)=C(/N)C(C)C. The summed E-state index contributed by atoms with van der Waals surface area (Å²) in [6, 6.07) is 5.35. The minimum absolute atomic E-state index is 0.120. The summed E-state index contributed by atoms with van der Waals surface area (Å²) in [4.78, 5) is 12.1. The number of hydrogen-bond acceptors (Lipinski definition) is 11. The zero-order valence-electron chi connectivity index (χ0n) is 23.2. The molecule has 0 radical (unpaired) electrons. The Kier molecular flexibility index (Phi) is 11.7. The second kappa shape index (κ2) is 14.1. The summed E-state index contributed by atoms with van der Waals surface area (Å²) >= 11 is 0. The van der Waals surface area contributed by atoms with Gasteiger partial charge in [-0.1, -0.05) is 19.9 Å². The van der Waals surface area contributed by atoms with Gasteiger partial charge < -0.3 is 50.8 Å². The van der Waals surface area contributed by atoms with Crippen LogP contribution in [0, 0.1) is 18.3 Å². The van der Waals surface area contributed by atoms with E-state index in [2.05, 4.69) is 5.32 Å². The van der Waals surface area contributed by atoms with Gasteiger partial charge in [0.05, 0.1) is 31.8 Å². The van der Waals surface area contributed by atoms with Gasteiger partial charge in [0, 0.05) is 17.7 Å². The molecule has 1 aromatic carbocycles. The number of amides is 1. The Morgan fingerprint density at radius 3 is 2.41 bits per heavy atom. The highest BCUT2D eigenvalue weighted by atomic mass is 16.7. The van der Waals surface area contributed by atoms with Gasteiger partial charge in [0.2, 0.25) is 18.1 Å². The number of aliphatic hydroxyl groups excluding tert-OH is 5. The third kappa shape index (κ3) is 8.88. The molecule has 0 bridgehead atoms. The molecular formula is C27H43N3O9. The number of carbonyl (C=O) groups is 1. The molecule has 12 heteroatoms. The Hall–Kier alpha value is -2.74. The smallest absolute Gasteiger partial charge is 0.231 e. The van der Waals surface area contributed by atoms with Crippen LogP contribution in [0.3, 0.4) is 0 Å². The van der Waals surface area contributed by atoms with Crippen molar-refractivity contribution in [3.8, 4) is 5.75 Å². The van der Waals surface area contributed by atoms with Crippen LogP contribution in [0.4, 0.5) is 0 Å². The molecule has 5 atom stereocenters. The van der Waals surface area contributed by atoms with Crippen LogP contribution in [0.2, 0.25) is 0 Å². The van der Waals surface area contributed by atoms with Crippen molar-refractivity contribution in [1.29, 1.82) is 5.41 Å². The summed E-state index contributed by atoms with van der Waals surface area (Å²) in [6.07, 6.45) is -7.16. The fourth-order valence-corrected chi connectivity index (χ4v) is 3.90. The second-order valence-corrected chi connectivity index (χ2v) is 10.7. The van der Waals surface area contributed by atoms with E-state index in [1.165, 1.54) is 0 Å². The van der Waals surface area contributed by atoms with E-state index < -0.39 is 42.9 Å². The van der Waals surface area contributed by atoms with Crippen molar-refractivity contribution in [3.05, 3.63) is 40.6 Å². The molecule has 1 amide bonds. The molecule has 220 valence electrons. The van der Waals surface area contributed by atoms with Gasteiger partial charge in [0.25, 0.3) is 0 Å². The van der Waals surface area contributed by atoms with Gasteiger partial charge in [0.1, 0.15) is 30.2 Å². The van der Waals surface area contributed by atoms with Gasteiger partial charge in [0.15, 0.2) is 0 Å². The normalized spacial score (nSPS) is 24.2. The second-order valence-electron chi connectivity index (χ2n) is 10.7. The van der Waals surface area contributed by atoms with Gasteiger partial charge in [-0.25, -0.2) is 0 Å². The van der Waals surface area contributed by atoms with E-state index in [0.717, 1.165) is 11.1 Å². The molecule has 1 aliphatic rings. The van der Waals surface area contributed by atoms with Gasteiger partial charge >= 0.3 is 0 Å². The summed E-state index contributed by atoms with van der Waals surface area (Å²) in [5.41, 5.74) is 8.02. The highest BCUT2D eigenvalue weighted by Crippen LogP contribution is 2.26. The zero-order chi connectivity index (χ0) is 29.5. The first-order chi connectivity index (χ1) is 18.2. The van der Waals surface area contributed by atoms with Crippen LogP contribution in [0.25, 0.3) is 0 Å². The van der Waals surface area contributed by atoms with E-state index in [1.54, 1.807) is 26.0 Å². The predicted octanol–water partition coefficient (Wildman–Crippen LogP) is -0.144. The summed E-state index contributed by atoms with van der Waals surface area (Å²) in [5.74, 6) is -0.189. The summed E-state index contributed by atoms with van der Waals surface area (Å²) in [6.45, 7) is 8.38. The molecule has 0 spiro atoms. The third-order valence-corrected chi connectivity index (χ3v) is 6.48. The molecule has 39 heavy (non-hydrogen) atoms. The van der Waals surface area contributed by atoms with Crippen molar-refractivity contribution in [3.63, 3.8) is 0 Å². The van der Waals surface area contributed by atoms with Crippen LogP contribution in [0.5, 0.6) is 5.75 Å². The Morgan fingerprint density at radius 2 is 1.85 bits per heavy atom. The Balaban J connectivity index is 2.11. The van der Waals surface area contributed by atoms with Crippen molar-refractivity contribution in [1.82, 2.24) is 5.32 Å². The highest BCUT2D eigenvalue weighted by molar-refractivity contribution is 5.92. The standard InChI is InChI=1S/C27H43N3O9/c1-14(2)21(28)18(25(29)39-26-24(36)23(35)22(34)19(12-31)38-26)11-16-6-7-17(10-15(16)3)37-9-8-20(33)30-27(4,5)13-32/h6-7,10,14,19,22-24,26,29,31-32,34-36H,8-9,11-13,28H2,1-5H3,(H,30,33)/b21-18-,29-25?/t19-,22-,23+,24-,26+/m1/s1. The van der Waals surface area contributed by atoms with E-state index in [9.17, 15) is 30.3 Å². The van der Waals surface area contributed by atoms with Gasteiger partial charge in [-0.15, -0.1) is 0 Å². The molecule has 1 aromatic rings. The molecule has 1 aliphatic heterocycles. The zero-order valence-corrected chi connectivity index (χ0v) is 23.2. The molecular weight excluding hydrogens is 510 g/mol. The van der Waals surface area contributed by atoms with Crippen molar-refractivity contribution < 1.29 is 44.5 Å². The highest BCUT2D eigenvalue weighted by Gasteiger charge is 2.45. The quantitative estimate of drug-likeness (QED) is 0.127. The molecule has 12 nitrogen and oxygen atoms in total. The first-order valence-corrected chi connectivity index (χ1v) is 12.9. The predicted molar refractivity (Wildman–Crippen MR) is 143 cm³/mol. The Morgan fingerprint density at radius 1 is 1.18 bits per heavy atom. The van der Waals surface area contributed by atoms with E-state index in [1.807, 2.05) is 26.8 Å². The lowest BCUT2D eigenvalue weighted by molar-refractivity contribution is -0.281. The van der Waals surface area contributed by atoms with Gasteiger partial charge in [-0.2, -0.15) is 0 Å². The third-order valence-electron chi connectivity index (χ3n) is 6.48. The average Bonchev–Trinajstić information content (AvgIpc) is 2.87. The summed E-state index contributed by atoms with van der Waals surface area (Å²) in [5, 5.41) is 60.3. The summed E-state index contributed by atoms with van der Waals surface area (Å²) < 4.78 is 16.6. The number of hydrogen-bond donors (Lipinski definition) is 8. The lowest BCUT2D eigenvalue weighted by Crippen LogP contribution is -2.59. The molecule has 0 unspecified atom stereocenters. The van der Waals surface area contributed by atoms with E-state index in [4.69, 9.17) is 25.4 Å². The van der Waals surface area contributed by atoms with E-state index in [-0.39, 0.29) is 43.8 Å². The van der Waals surface area contributed by atoms with Gasteiger partial charge in [-0.05, 0) is 49.9 Å². The average molecular weight is 554 g/mol. The molecule has 1 saturated heterocycles. The molecule has 1 heterocycles. The van der Waals surface area contributed by atoms with Crippen LogP contribution < -0.4 is 15.8 Å². The Labute approximate surface area is 228 Å². The number of aliphatic hydroxyl groups is 5. The largest absolute Gasteiger partial charge is 0.493 e. The lowest BCUT2D eigenvalue weighted by atomic mass is 9.95. The molecule has 0 aromatic heterocycles. The van der Waals surface area contributed by atoms with Crippen LogP contribution >= 0.6 is 0 Å². The van der Waals surface area contributed by atoms with Crippen molar-refractivity contribution in [2.24, 2.45) is 11.7 Å². The van der Waals surface area contributed by atoms with E-state index >= 15 is 0 Å². The topological polar surface area (TPSA) is 208 Å². The number of allylic oxidation sites excluding steroid dienone is 1. The fraction of sp³-hybridized carbons (Fsp3) is 0.630. The maximum absolute atomic E-state index is 12.1. The molecule has 1 fully saturated rings. The fourth-order valence-electron chi connectivity index (χ4n) is 3.90. The van der Waals surface area contributed by atoms with Gasteiger partial charge in [-0.3, -0.25) is 10.2 Å². The van der Waals surface area contributed by atoms with Crippen molar-refractivity contribution in [2.45, 2.75) is 83.7 Å². The van der Waals surface area contributed by atoms with Crippen molar-refractivity contribution in [2.75, 3.05) is 19.8 Å². The number of ether oxygens (including phenoxy) is 3. The molecule has 2 rings (SSSR count). The Bertz CT molecular complexity index is 1030.